The zero-order valence-electron chi connectivity index (χ0n) is 18.9. The SMILES string of the molecule is COc1ccc(CN2CC(=O)N(c3ccc(C(C)C)cc3)[C@@H]3CS(=O)(=O)C[C@@H]32)cc1OC. The molecule has 1 amide bonds. The van der Waals surface area contributed by atoms with Gasteiger partial charge in [-0.25, -0.2) is 8.42 Å². The Hall–Kier alpha value is -2.58. The van der Waals surface area contributed by atoms with Gasteiger partial charge in [-0.05, 0) is 41.3 Å². The molecule has 0 radical (unpaired) electrons. The van der Waals surface area contributed by atoms with E-state index in [0.29, 0.717) is 24.0 Å². The number of sulfone groups is 1. The molecule has 0 N–H and O–H groups in total. The average Bonchev–Trinajstić information content (AvgIpc) is 3.09. The summed E-state index contributed by atoms with van der Waals surface area (Å²) in [6.45, 7) is 4.86. The molecule has 2 aromatic rings. The second-order valence-corrected chi connectivity index (χ2v) is 11.0. The number of hydrogen-bond acceptors (Lipinski definition) is 6. The van der Waals surface area contributed by atoms with E-state index in [2.05, 4.69) is 13.8 Å². The Morgan fingerprint density at radius 1 is 0.969 bits per heavy atom. The summed E-state index contributed by atoms with van der Waals surface area (Å²) in [5, 5.41) is 0. The first-order valence-corrected chi connectivity index (χ1v) is 12.6. The first kappa shape index (κ1) is 22.6. The predicted octanol–water partition coefficient (Wildman–Crippen LogP) is 2.84. The van der Waals surface area contributed by atoms with Gasteiger partial charge in [0.1, 0.15) is 0 Å². The molecular weight excluding hydrogens is 428 g/mol. The molecular formula is C24H30N2O5S. The van der Waals surface area contributed by atoms with E-state index in [1.807, 2.05) is 47.4 Å². The number of carbonyl (C=O) groups excluding carboxylic acids is 1. The minimum atomic E-state index is -3.24. The van der Waals surface area contributed by atoms with Crippen LogP contribution in [0.1, 0.15) is 30.9 Å². The molecule has 2 aliphatic heterocycles. The van der Waals surface area contributed by atoms with Crippen LogP contribution < -0.4 is 14.4 Å². The number of anilines is 1. The van der Waals surface area contributed by atoms with Crippen molar-refractivity contribution in [2.75, 3.05) is 37.2 Å². The molecule has 0 unspecified atom stereocenters. The number of rotatable bonds is 6. The first-order chi connectivity index (χ1) is 15.2. The van der Waals surface area contributed by atoms with Crippen LogP contribution in [0, 0.1) is 0 Å². The van der Waals surface area contributed by atoms with Gasteiger partial charge in [-0.2, -0.15) is 0 Å². The highest BCUT2D eigenvalue weighted by molar-refractivity contribution is 7.91. The van der Waals surface area contributed by atoms with Gasteiger partial charge in [0.05, 0.1) is 38.3 Å². The van der Waals surface area contributed by atoms with Crippen molar-refractivity contribution in [2.45, 2.75) is 38.4 Å². The van der Waals surface area contributed by atoms with Crippen molar-refractivity contribution in [3.8, 4) is 11.5 Å². The third-order valence-corrected chi connectivity index (χ3v) is 8.07. The largest absolute Gasteiger partial charge is 0.493 e. The van der Waals surface area contributed by atoms with Gasteiger partial charge in [-0.3, -0.25) is 9.69 Å². The molecule has 4 rings (SSSR count). The maximum atomic E-state index is 13.2. The van der Waals surface area contributed by atoms with E-state index in [1.54, 1.807) is 19.1 Å². The summed E-state index contributed by atoms with van der Waals surface area (Å²) in [6, 6.07) is 12.9. The fourth-order valence-electron chi connectivity index (χ4n) is 4.70. The van der Waals surface area contributed by atoms with Crippen molar-refractivity contribution < 1.29 is 22.7 Å². The Labute approximate surface area is 189 Å². The topological polar surface area (TPSA) is 76.2 Å². The number of carbonyl (C=O) groups is 1. The van der Waals surface area contributed by atoms with Crippen LogP contribution in [0.2, 0.25) is 0 Å². The predicted molar refractivity (Wildman–Crippen MR) is 124 cm³/mol. The molecule has 172 valence electrons. The lowest BCUT2D eigenvalue weighted by Crippen LogP contribution is -2.61. The number of ether oxygens (including phenoxy) is 2. The van der Waals surface area contributed by atoms with Crippen LogP contribution in [0.3, 0.4) is 0 Å². The number of amides is 1. The monoisotopic (exact) mass is 458 g/mol. The molecule has 2 heterocycles. The Morgan fingerprint density at radius 3 is 2.25 bits per heavy atom. The van der Waals surface area contributed by atoms with Crippen molar-refractivity contribution in [1.29, 1.82) is 0 Å². The van der Waals surface area contributed by atoms with Gasteiger partial charge in [0.15, 0.2) is 21.3 Å². The molecule has 0 bridgehead atoms. The highest BCUT2D eigenvalue weighted by Gasteiger charge is 2.49. The van der Waals surface area contributed by atoms with E-state index in [9.17, 15) is 13.2 Å². The van der Waals surface area contributed by atoms with Crippen molar-refractivity contribution in [2.24, 2.45) is 0 Å². The van der Waals surface area contributed by atoms with Crippen LogP contribution in [-0.2, 0) is 21.2 Å². The lowest BCUT2D eigenvalue weighted by atomic mass is 9.99. The van der Waals surface area contributed by atoms with Crippen LogP contribution in [0.25, 0.3) is 0 Å². The van der Waals surface area contributed by atoms with E-state index >= 15 is 0 Å². The van der Waals surface area contributed by atoms with Gasteiger partial charge >= 0.3 is 0 Å². The summed E-state index contributed by atoms with van der Waals surface area (Å²) >= 11 is 0. The van der Waals surface area contributed by atoms with E-state index in [1.165, 1.54) is 5.56 Å². The fraction of sp³-hybridized carbons (Fsp3) is 0.458. The maximum Gasteiger partial charge on any atom is 0.241 e. The molecule has 0 aliphatic carbocycles. The van der Waals surface area contributed by atoms with Crippen molar-refractivity contribution >= 4 is 21.4 Å². The lowest BCUT2D eigenvalue weighted by Gasteiger charge is -2.43. The minimum absolute atomic E-state index is 0.0161. The average molecular weight is 459 g/mol. The van der Waals surface area contributed by atoms with E-state index in [0.717, 1.165) is 11.3 Å². The van der Waals surface area contributed by atoms with E-state index in [-0.39, 0.29) is 30.0 Å². The Kier molecular flexibility index (Phi) is 6.18. The van der Waals surface area contributed by atoms with Gasteiger partial charge in [0, 0.05) is 18.3 Å². The fourth-order valence-corrected chi connectivity index (χ4v) is 6.68. The minimum Gasteiger partial charge on any atom is -0.493 e. The van der Waals surface area contributed by atoms with Crippen LogP contribution in [0.15, 0.2) is 42.5 Å². The summed E-state index contributed by atoms with van der Waals surface area (Å²) in [7, 11) is -0.0858. The molecule has 0 aromatic heterocycles. The first-order valence-electron chi connectivity index (χ1n) is 10.8. The van der Waals surface area contributed by atoms with Crippen LogP contribution >= 0.6 is 0 Å². The van der Waals surface area contributed by atoms with Gasteiger partial charge in [0.25, 0.3) is 0 Å². The standard InChI is InChI=1S/C24H30N2O5S/c1-16(2)18-6-8-19(9-7-18)26-21-15-32(28,29)14-20(21)25(13-24(26)27)12-17-5-10-22(30-3)23(11-17)31-4/h5-11,16,20-21H,12-15H2,1-4H3/t20-,21+/m0/s1. The molecule has 0 saturated carbocycles. The number of fused-ring (bicyclic) bond motifs is 1. The second kappa shape index (κ2) is 8.75. The van der Waals surface area contributed by atoms with Gasteiger partial charge < -0.3 is 14.4 Å². The van der Waals surface area contributed by atoms with Crippen molar-refractivity contribution in [3.05, 3.63) is 53.6 Å². The molecule has 8 heteroatoms. The second-order valence-electron chi connectivity index (χ2n) is 8.82. The molecule has 2 saturated heterocycles. The van der Waals surface area contributed by atoms with E-state index < -0.39 is 15.9 Å². The quantitative estimate of drug-likeness (QED) is 0.663. The molecule has 7 nitrogen and oxygen atoms in total. The zero-order chi connectivity index (χ0) is 23.0. The highest BCUT2D eigenvalue weighted by atomic mass is 32.2. The summed E-state index contributed by atoms with van der Waals surface area (Å²) in [6.07, 6.45) is 0. The van der Waals surface area contributed by atoms with Gasteiger partial charge in [-0.15, -0.1) is 0 Å². The Balaban J connectivity index is 1.62. The van der Waals surface area contributed by atoms with Crippen LogP contribution in [-0.4, -0.2) is 63.6 Å². The third kappa shape index (κ3) is 4.34. The maximum absolute atomic E-state index is 13.2. The number of nitrogens with zero attached hydrogens (tertiary/aromatic N) is 2. The van der Waals surface area contributed by atoms with Crippen LogP contribution in [0.4, 0.5) is 5.69 Å². The van der Waals surface area contributed by atoms with Crippen molar-refractivity contribution in [3.63, 3.8) is 0 Å². The molecule has 2 fully saturated rings. The zero-order valence-corrected chi connectivity index (χ0v) is 19.8. The van der Waals surface area contributed by atoms with Gasteiger partial charge in [-0.1, -0.05) is 32.0 Å². The summed E-state index contributed by atoms with van der Waals surface area (Å²) in [5.74, 6) is 1.58. The molecule has 2 aliphatic rings. The third-order valence-electron chi connectivity index (χ3n) is 6.37. The summed E-state index contributed by atoms with van der Waals surface area (Å²) in [5.41, 5.74) is 2.88. The Morgan fingerprint density at radius 2 is 1.62 bits per heavy atom. The number of hydrogen-bond donors (Lipinski definition) is 0. The molecule has 0 spiro atoms. The molecule has 2 aromatic carbocycles. The highest BCUT2D eigenvalue weighted by Crippen LogP contribution is 2.34. The number of methoxy groups -OCH3 is 2. The van der Waals surface area contributed by atoms with E-state index in [4.69, 9.17) is 9.47 Å². The summed E-state index contributed by atoms with van der Waals surface area (Å²) < 4.78 is 35.9. The molecule has 32 heavy (non-hydrogen) atoms. The molecule has 2 atom stereocenters. The van der Waals surface area contributed by atoms with Crippen molar-refractivity contribution in [1.82, 2.24) is 4.90 Å². The smallest absolute Gasteiger partial charge is 0.241 e. The Bertz CT molecular complexity index is 1100. The lowest BCUT2D eigenvalue weighted by molar-refractivity contribution is -0.123. The van der Waals surface area contributed by atoms with Gasteiger partial charge in [0.2, 0.25) is 5.91 Å². The number of piperazine rings is 1. The normalized spacial score (nSPS) is 22.8. The number of benzene rings is 2. The van der Waals surface area contributed by atoms with Crippen LogP contribution in [0.5, 0.6) is 11.5 Å². The summed E-state index contributed by atoms with van der Waals surface area (Å²) in [4.78, 5) is 16.9.